The molecule has 1 unspecified atom stereocenters. The summed E-state index contributed by atoms with van der Waals surface area (Å²) in [6.45, 7) is 2.61. The van der Waals surface area contributed by atoms with Crippen LogP contribution in [0.1, 0.15) is 28.8 Å². The van der Waals surface area contributed by atoms with E-state index in [2.05, 4.69) is 32.6 Å². The molecular weight excluding hydrogens is 296 g/mol. The first-order chi connectivity index (χ1) is 10.7. The fraction of sp³-hybridized carbons (Fsp3) is 0.176. The SMILES string of the molecule is Cc1nc(C(NCc2ccc(Cl)cc2)c2ccccc2)n[nH]1. The van der Waals surface area contributed by atoms with Gasteiger partial charge in [-0.1, -0.05) is 54.1 Å². The number of halogens is 1. The zero-order valence-electron chi connectivity index (χ0n) is 12.3. The average molecular weight is 313 g/mol. The summed E-state index contributed by atoms with van der Waals surface area (Å²) in [5, 5.41) is 11.5. The molecule has 0 aliphatic carbocycles. The summed E-state index contributed by atoms with van der Waals surface area (Å²) < 4.78 is 0. The predicted molar refractivity (Wildman–Crippen MR) is 87.7 cm³/mol. The lowest BCUT2D eigenvalue weighted by molar-refractivity contribution is 0.577. The maximum absolute atomic E-state index is 5.92. The van der Waals surface area contributed by atoms with Crippen molar-refractivity contribution in [1.82, 2.24) is 20.5 Å². The monoisotopic (exact) mass is 312 g/mol. The van der Waals surface area contributed by atoms with Gasteiger partial charge in [0.1, 0.15) is 5.82 Å². The number of benzene rings is 2. The van der Waals surface area contributed by atoms with Crippen molar-refractivity contribution in [2.24, 2.45) is 0 Å². The number of nitrogens with zero attached hydrogens (tertiary/aromatic N) is 2. The molecule has 0 saturated carbocycles. The Kier molecular flexibility index (Phi) is 4.51. The predicted octanol–water partition coefficient (Wildman–Crippen LogP) is 3.65. The van der Waals surface area contributed by atoms with E-state index in [4.69, 9.17) is 11.6 Å². The van der Waals surface area contributed by atoms with E-state index in [1.807, 2.05) is 49.4 Å². The van der Waals surface area contributed by atoms with E-state index in [1.54, 1.807) is 0 Å². The van der Waals surface area contributed by atoms with Gasteiger partial charge in [0.05, 0.1) is 6.04 Å². The van der Waals surface area contributed by atoms with Gasteiger partial charge in [-0.15, -0.1) is 0 Å². The van der Waals surface area contributed by atoms with Crippen molar-refractivity contribution in [2.45, 2.75) is 19.5 Å². The third-order valence-electron chi connectivity index (χ3n) is 3.43. The zero-order valence-corrected chi connectivity index (χ0v) is 13.0. The van der Waals surface area contributed by atoms with Gasteiger partial charge in [-0.25, -0.2) is 4.98 Å². The normalized spacial score (nSPS) is 12.3. The van der Waals surface area contributed by atoms with E-state index >= 15 is 0 Å². The quantitative estimate of drug-likeness (QED) is 0.756. The lowest BCUT2D eigenvalue weighted by Gasteiger charge is -2.16. The molecule has 1 aromatic heterocycles. The summed E-state index contributed by atoms with van der Waals surface area (Å²) in [6.07, 6.45) is 0. The number of rotatable bonds is 5. The summed E-state index contributed by atoms with van der Waals surface area (Å²) in [4.78, 5) is 4.46. The van der Waals surface area contributed by atoms with Crippen molar-refractivity contribution < 1.29 is 0 Å². The average Bonchev–Trinajstić information content (AvgIpc) is 2.97. The number of aromatic amines is 1. The highest BCUT2D eigenvalue weighted by Crippen LogP contribution is 2.19. The van der Waals surface area contributed by atoms with E-state index in [1.165, 1.54) is 0 Å². The van der Waals surface area contributed by atoms with Gasteiger partial charge in [0.15, 0.2) is 5.82 Å². The van der Waals surface area contributed by atoms with Gasteiger partial charge in [-0.05, 0) is 30.2 Å². The number of H-pyrrole nitrogens is 1. The van der Waals surface area contributed by atoms with Crippen molar-refractivity contribution in [1.29, 1.82) is 0 Å². The lowest BCUT2D eigenvalue weighted by Crippen LogP contribution is -2.23. The van der Waals surface area contributed by atoms with Crippen LogP contribution in [0.15, 0.2) is 54.6 Å². The molecule has 1 heterocycles. The Morgan fingerprint density at radius 3 is 2.45 bits per heavy atom. The van der Waals surface area contributed by atoms with E-state index in [-0.39, 0.29) is 6.04 Å². The molecule has 0 fully saturated rings. The molecular formula is C17H17ClN4. The standard InChI is InChI=1S/C17H17ClN4/c1-12-20-17(22-21-12)16(14-5-3-2-4-6-14)19-11-13-7-9-15(18)10-8-13/h2-10,16,19H,11H2,1H3,(H,20,21,22). The van der Waals surface area contributed by atoms with Crippen LogP contribution >= 0.6 is 11.6 Å². The Balaban J connectivity index is 1.81. The summed E-state index contributed by atoms with van der Waals surface area (Å²) in [6, 6.07) is 18.0. The zero-order chi connectivity index (χ0) is 15.4. The molecule has 2 N–H and O–H groups in total. The maximum Gasteiger partial charge on any atom is 0.172 e. The van der Waals surface area contributed by atoms with Gasteiger partial charge in [0.25, 0.3) is 0 Å². The second-order valence-electron chi connectivity index (χ2n) is 5.13. The van der Waals surface area contributed by atoms with Crippen LogP contribution in [0.3, 0.4) is 0 Å². The smallest absolute Gasteiger partial charge is 0.172 e. The number of hydrogen-bond acceptors (Lipinski definition) is 3. The van der Waals surface area contributed by atoms with Gasteiger partial charge in [0.2, 0.25) is 0 Å². The highest BCUT2D eigenvalue weighted by atomic mass is 35.5. The minimum absolute atomic E-state index is 0.0539. The van der Waals surface area contributed by atoms with Crippen LogP contribution in [0.4, 0.5) is 0 Å². The molecule has 0 saturated heterocycles. The molecule has 0 bridgehead atoms. The Bertz CT molecular complexity index is 722. The second kappa shape index (κ2) is 6.73. The van der Waals surface area contributed by atoms with Gasteiger partial charge < -0.3 is 0 Å². The molecule has 3 rings (SSSR count). The fourth-order valence-corrected chi connectivity index (χ4v) is 2.44. The molecule has 0 amide bonds. The Hall–Kier alpha value is -2.17. The highest BCUT2D eigenvalue weighted by molar-refractivity contribution is 6.30. The van der Waals surface area contributed by atoms with Crippen molar-refractivity contribution in [2.75, 3.05) is 0 Å². The molecule has 2 aromatic carbocycles. The number of nitrogens with one attached hydrogen (secondary N) is 2. The van der Waals surface area contributed by atoms with Gasteiger partial charge in [0, 0.05) is 11.6 Å². The summed E-state index contributed by atoms with van der Waals surface area (Å²) >= 11 is 5.92. The Labute approximate surface area is 134 Å². The third-order valence-corrected chi connectivity index (χ3v) is 3.68. The largest absolute Gasteiger partial charge is 0.299 e. The van der Waals surface area contributed by atoms with Crippen LogP contribution in [-0.4, -0.2) is 15.2 Å². The molecule has 1 atom stereocenters. The Morgan fingerprint density at radius 1 is 1.09 bits per heavy atom. The van der Waals surface area contributed by atoms with Crippen LogP contribution in [0.25, 0.3) is 0 Å². The summed E-state index contributed by atoms with van der Waals surface area (Å²) in [7, 11) is 0. The van der Waals surface area contributed by atoms with Crippen LogP contribution in [0, 0.1) is 6.92 Å². The van der Waals surface area contributed by atoms with Crippen LogP contribution in [0.5, 0.6) is 0 Å². The second-order valence-corrected chi connectivity index (χ2v) is 5.57. The van der Waals surface area contributed by atoms with Crippen LogP contribution in [-0.2, 0) is 6.54 Å². The lowest BCUT2D eigenvalue weighted by atomic mass is 10.1. The van der Waals surface area contributed by atoms with Crippen LogP contribution < -0.4 is 5.32 Å². The molecule has 4 nitrogen and oxygen atoms in total. The molecule has 22 heavy (non-hydrogen) atoms. The summed E-state index contributed by atoms with van der Waals surface area (Å²) in [5.74, 6) is 1.56. The van der Waals surface area contributed by atoms with Crippen molar-refractivity contribution in [3.63, 3.8) is 0 Å². The summed E-state index contributed by atoms with van der Waals surface area (Å²) in [5.41, 5.74) is 2.30. The number of aromatic nitrogens is 3. The Morgan fingerprint density at radius 2 is 1.82 bits per heavy atom. The van der Waals surface area contributed by atoms with Gasteiger partial charge in [-0.2, -0.15) is 5.10 Å². The van der Waals surface area contributed by atoms with Gasteiger partial charge >= 0.3 is 0 Å². The molecule has 0 aliphatic heterocycles. The minimum atomic E-state index is -0.0539. The minimum Gasteiger partial charge on any atom is -0.299 e. The molecule has 112 valence electrons. The molecule has 0 radical (unpaired) electrons. The first-order valence-corrected chi connectivity index (χ1v) is 7.52. The molecule has 5 heteroatoms. The molecule has 3 aromatic rings. The van der Waals surface area contributed by atoms with Crippen molar-refractivity contribution in [3.05, 3.63) is 82.4 Å². The van der Waals surface area contributed by atoms with E-state index in [0.717, 1.165) is 27.8 Å². The van der Waals surface area contributed by atoms with Crippen molar-refractivity contribution in [3.8, 4) is 0 Å². The van der Waals surface area contributed by atoms with E-state index in [0.29, 0.717) is 6.54 Å². The topological polar surface area (TPSA) is 53.6 Å². The van der Waals surface area contributed by atoms with E-state index in [9.17, 15) is 0 Å². The van der Waals surface area contributed by atoms with Crippen molar-refractivity contribution >= 4 is 11.6 Å². The number of hydrogen-bond donors (Lipinski definition) is 2. The molecule has 0 aliphatic rings. The fourth-order valence-electron chi connectivity index (χ4n) is 2.31. The highest BCUT2D eigenvalue weighted by Gasteiger charge is 2.17. The maximum atomic E-state index is 5.92. The van der Waals surface area contributed by atoms with E-state index < -0.39 is 0 Å². The van der Waals surface area contributed by atoms with Gasteiger partial charge in [-0.3, -0.25) is 10.4 Å². The first-order valence-electron chi connectivity index (χ1n) is 7.14. The molecule has 0 spiro atoms. The number of aryl methyl sites for hydroxylation is 1. The third kappa shape index (κ3) is 3.53. The van der Waals surface area contributed by atoms with Crippen LogP contribution in [0.2, 0.25) is 5.02 Å². The first kappa shape index (κ1) is 14.8.